The van der Waals surface area contributed by atoms with Crippen LogP contribution in [0, 0.1) is 12.8 Å². The molecule has 8 heteroatoms. The number of Topliss-reactive ketones (excluding diaryl/α,β-unsaturated/α-hetero) is 1. The van der Waals surface area contributed by atoms with Gasteiger partial charge in [-0.05, 0) is 61.7 Å². The highest BCUT2D eigenvalue weighted by atomic mass is 35.5. The molecule has 4 atom stereocenters. The molecule has 40 heavy (non-hydrogen) atoms. The number of ether oxygens (including phenoxy) is 1. The van der Waals surface area contributed by atoms with Crippen LogP contribution in [0.15, 0.2) is 73.3 Å². The largest absolute Gasteiger partial charge is 0.490 e. The lowest BCUT2D eigenvalue weighted by atomic mass is 9.57. The van der Waals surface area contributed by atoms with Crippen molar-refractivity contribution in [1.82, 2.24) is 4.90 Å². The Bertz CT molecular complexity index is 1640. The van der Waals surface area contributed by atoms with Crippen molar-refractivity contribution in [2.24, 2.45) is 5.92 Å². The van der Waals surface area contributed by atoms with Gasteiger partial charge in [-0.1, -0.05) is 60.7 Å². The molecule has 2 saturated heterocycles. The first-order valence-electron chi connectivity index (χ1n) is 13.5. The summed E-state index contributed by atoms with van der Waals surface area (Å²) in [5, 5.41) is 6.69. The fraction of sp³-hybridized carbons (Fsp3) is 0.281. The number of hydrogen-bond donors (Lipinski definition) is 2. The minimum absolute atomic E-state index is 0.184. The third-order valence-corrected chi connectivity index (χ3v) is 9.64. The van der Waals surface area contributed by atoms with Crippen LogP contribution in [0.1, 0.15) is 39.9 Å². The van der Waals surface area contributed by atoms with E-state index in [4.69, 9.17) is 16.3 Å². The Labute approximate surface area is 237 Å². The molecular weight excluding hydrogens is 526 g/mol. The highest BCUT2D eigenvalue weighted by Gasteiger charge is 2.81. The molecule has 4 aliphatic rings. The SMILES string of the molecule is C=CCOc1cccc(C(=O)[C@@H]2[C@H]3CCCN3[C@@]3(C(=O)Nc4c3ccc(Cl)c4C)[C@]23C(=O)Nc2ccccc23)c1. The number of benzene rings is 3. The average Bonchev–Trinajstić information content (AvgIpc) is 3.68. The molecule has 0 unspecified atom stereocenters. The van der Waals surface area contributed by atoms with Crippen molar-refractivity contribution in [3.05, 3.63) is 101 Å². The molecule has 202 valence electrons. The molecule has 2 amide bonds. The number of halogens is 1. The number of amides is 2. The molecular formula is C32H28ClN3O4. The summed E-state index contributed by atoms with van der Waals surface area (Å²) in [6.45, 7) is 6.46. The first-order valence-corrected chi connectivity index (χ1v) is 13.9. The van der Waals surface area contributed by atoms with E-state index in [2.05, 4.69) is 22.1 Å². The number of anilines is 2. The topological polar surface area (TPSA) is 87.7 Å². The van der Waals surface area contributed by atoms with E-state index in [1.54, 1.807) is 36.4 Å². The number of para-hydroxylation sites is 1. The van der Waals surface area contributed by atoms with Crippen molar-refractivity contribution < 1.29 is 19.1 Å². The number of carbonyl (C=O) groups excluding carboxylic acids is 3. The molecule has 0 bridgehead atoms. The molecule has 4 heterocycles. The van der Waals surface area contributed by atoms with E-state index < -0.39 is 16.9 Å². The van der Waals surface area contributed by atoms with Crippen LogP contribution in [0.4, 0.5) is 11.4 Å². The number of hydrogen-bond acceptors (Lipinski definition) is 5. The number of rotatable bonds is 5. The van der Waals surface area contributed by atoms with Crippen molar-refractivity contribution in [1.29, 1.82) is 0 Å². The fourth-order valence-corrected chi connectivity index (χ4v) is 8.00. The third-order valence-electron chi connectivity index (χ3n) is 9.23. The Balaban J connectivity index is 1.53. The van der Waals surface area contributed by atoms with Crippen LogP contribution in [0.25, 0.3) is 0 Å². The molecule has 0 radical (unpaired) electrons. The number of fused-ring (bicyclic) bond motifs is 7. The molecule has 2 spiro atoms. The highest BCUT2D eigenvalue weighted by Crippen LogP contribution is 2.68. The van der Waals surface area contributed by atoms with Gasteiger partial charge in [0, 0.05) is 27.9 Å². The summed E-state index contributed by atoms with van der Waals surface area (Å²) in [4.78, 5) is 46.0. The number of nitrogens with one attached hydrogen (secondary N) is 2. The molecule has 4 aliphatic heterocycles. The zero-order valence-electron chi connectivity index (χ0n) is 22.0. The first kappa shape index (κ1) is 25.1. The van der Waals surface area contributed by atoms with Crippen molar-refractivity contribution in [3.8, 4) is 5.75 Å². The summed E-state index contributed by atoms with van der Waals surface area (Å²) in [6, 6.07) is 17.8. The number of nitrogens with zero attached hydrogens (tertiary/aromatic N) is 1. The molecule has 2 fully saturated rings. The van der Waals surface area contributed by atoms with E-state index in [9.17, 15) is 14.4 Å². The monoisotopic (exact) mass is 553 g/mol. The van der Waals surface area contributed by atoms with Crippen molar-refractivity contribution in [2.75, 3.05) is 23.8 Å². The van der Waals surface area contributed by atoms with Crippen LogP contribution in [-0.4, -0.2) is 41.7 Å². The molecule has 0 aromatic heterocycles. The van der Waals surface area contributed by atoms with Crippen molar-refractivity contribution in [2.45, 2.75) is 36.8 Å². The van der Waals surface area contributed by atoms with Gasteiger partial charge >= 0.3 is 0 Å². The predicted octanol–water partition coefficient (Wildman–Crippen LogP) is 5.23. The maximum Gasteiger partial charge on any atom is 0.251 e. The second-order valence-corrected chi connectivity index (χ2v) is 11.3. The maximum atomic E-state index is 14.8. The van der Waals surface area contributed by atoms with Gasteiger partial charge in [0.05, 0.1) is 11.6 Å². The Morgan fingerprint density at radius 1 is 1.10 bits per heavy atom. The fourth-order valence-electron chi connectivity index (χ4n) is 7.84. The van der Waals surface area contributed by atoms with E-state index in [0.29, 0.717) is 58.4 Å². The Morgan fingerprint density at radius 2 is 1.93 bits per heavy atom. The van der Waals surface area contributed by atoms with E-state index in [1.807, 2.05) is 37.3 Å². The van der Waals surface area contributed by atoms with Crippen LogP contribution < -0.4 is 15.4 Å². The lowest BCUT2D eigenvalue weighted by Crippen LogP contribution is -2.62. The number of ketones is 1. The lowest BCUT2D eigenvalue weighted by Gasteiger charge is -2.43. The first-order chi connectivity index (χ1) is 19.4. The van der Waals surface area contributed by atoms with E-state index >= 15 is 0 Å². The Hall–Kier alpha value is -3.94. The van der Waals surface area contributed by atoms with Crippen LogP contribution in [-0.2, 0) is 20.5 Å². The van der Waals surface area contributed by atoms with Gasteiger partial charge < -0.3 is 15.4 Å². The third kappa shape index (κ3) is 2.91. The maximum absolute atomic E-state index is 14.8. The van der Waals surface area contributed by atoms with Crippen LogP contribution in [0.5, 0.6) is 5.75 Å². The molecule has 7 nitrogen and oxygen atoms in total. The zero-order valence-corrected chi connectivity index (χ0v) is 22.8. The van der Waals surface area contributed by atoms with Crippen LogP contribution in [0.3, 0.4) is 0 Å². The van der Waals surface area contributed by atoms with E-state index in [1.165, 1.54) is 0 Å². The summed E-state index contributed by atoms with van der Waals surface area (Å²) >= 11 is 6.50. The van der Waals surface area contributed by atoms with Crippen LogP contribution >= 0.6 is 11.6 Å². The molecule has 3 aromatic carbocycles. The number of carbonyl (C=O) groups is 3. The molecule has 3 aromatic rings. The zero-order chi connectivity index (χ0) is 27.8. The van der Waals surface area contributed by atoms with E-state index in [0.717, 1.165) is 12.0 Å². The predicted molar refractivity (Wildman–Crippen MR) is 153 cm³/mol. The lowest BCUT2D eigenvalue weighted by molar-refractivity contribution is -0.137. The van der Waals surface area contributed by atoms with E-state index in [-0.39, 0.29) is 23.6 Å². The van der Waals surface area contributed by atoms with Crippen molar-refractivity contribution >= 4 is 40.6 Å². The minimum atomic E-state index is -1.50. The summed E-state index contributed by atoms with van der Waals surface area (Å²) in [7, 11) is 0. The van der Waals surface area contributed by atoms with Gasteiger partial charge in [0.15, 0.2) is 5.78 Å². The van der Waals surface area contributed by atoms with Crippen LogP contribution in [0.2, 0.25) is 5.02 Å². The molecule has 7 rings (SSSR count). The standard InChI is InChI=1S/C32H28ClN3O4/c1-3-16-40-20-9-6-8-19(17-20)28(37)26-25-12-7-15-36(25)32(22-13-14-23(33)18(2)27(22)35-30(32)39)31(26)21-10-4-5-11-24(21)34-29(31)38/h3-6,8-11,13-14,17,25-26H,1,7,12,15-16H2,2H3,(H,34,38)(H,35,39)/t25-,26+,31+,32+/m1/s1. The normalized spacial score (nSPS) is 27.9. The van der Waals surface area contributed by atoms with Gasteiger partial charge in [-0.2, -0.15) is 0 Å². The van der Waals surface area contributed by atoms with Gasteiger partial charge in [0.2, 0.25) is 5.91 Å². The summed E-state index contributed by atoms with van der Waals surface area (Å²) in [5.41, 5.74) is 0.862. The Morgan fingerprint density at radius 3 is 2.75 bits per heavy atom. The van der Waals surface area contributed by atoms with Crippen molar-refractivity contribution in [3.63, 3.8) is 0 Å². The smallest absolute Gasteiger partial charge is 0.251 e. The second kappa shape index (κ2) is 8.78. The summed E-state index contributed by atoms with van der Waals surface area (Å²) in [5.74, 6) is -1.10. The average molecular weight is 554 g/mol. The Kier molecular flexibility index (Phi) is 5.50. The van der Waals surface area contributed by atoms with Gasteiger partial charge in [-0.3, -0.25) is 19.3 Å². The highest BCUT2D eigenvalue weighted by molar-refractivity contribution is 6.32. The van der Waals surface area contributed by atoms with Gasteiger partial charge in [0.25, 0.3) is 5.91 Å². The van der Waals surface area contributed by atoms with Gasteiger partial charge in [-0.15, -0.1) is 0 Å². The minimum Gasteiger partial charge on any atom is -0.490 e. The quantitative estimate of drug-likeness (QED) is 0.334. The van der Waals surface area contributed by atoms with Gasteiger partial charge in [0.1, 0.15) is 23.3 Å². The van der Waals surface area contributed by atoms with Gasteiger partial charge in [-0.25, -0.2) is 0 Å². The second-order valence-electron chi connectivity index (χ2n) is 10.9. The molecule has 2 N–H and O–H groups in total. The summed E-state index contributed by atoms with van der Waals surface area (Å²) < 4.78 is 5.73. The summed E-state index contributed by atoms with van der Waals surface area (Å²) in [6.07, 6.45) is 3.15. The molecule has 0 aliphatic carbocycles. The molecule has 0 saturated carbocycles.